The Balaban J connectivity index is 2.06. The van der Waals surface area contributed by atoms with Crippen LogP contribution in [0, 0.1) is 0 Å². The lowest BCUT2D eigenvalue weighted by molar-refractivity contribution is 0.735. The molecule has 21 heavy (non-hydrogen) atoms. The minimum Gasteiger partial charge on any atom is -0.343 e. The van der Waals surface area contributed by atoms with Crippen LogP contribution in [-0.2, 0) is 13.0 Å². The van der Waals surface area contributed by atoms with Gasteiger partial charge in [0.15, 0.2) is 0 Å². The summed E-state index contributed by atoms with van der Waals surface area (Å²) in [6.45, 7) is 2.89. The molecule has 3 heteroatoms. The van der Waals surface area contributed by atoms with Crippen LogP contribution in [-0.4, -0.2) is 10.6 Å². The predicted octanol–water partition coefficient (Wildman–Crippen LogP) is 4.23. The Hall–Kier alpha value is -1.77. The predicted molar refractivity (Wildman–Crippen MR) is 89.8 cm³/mol. The van der Waals surface area contributed by atoms with Gasteiger partial charge in [-0.25, -0.2) is 0 Å². The molecule has 1 unspecified atom stereocenters. The van der Waals surface area contributed by atoms with Gasteiger partial charge in [-0.15, -0.1) is 0 Å². The van der Waals surface area contributed by atoms with Gasteiger partial charge in [-0.3, -0.25) is 0 Å². The molecule has 0 saturated heterocycles. The molecule has 0 aliphatic rings. The molecule has 0 saturated carbocycles. The lowest BCUT2D eigenvalue weighted by Crippen LogP contribution is -2.17. The number of hydrogen-bond acceptors (Lipinski definition) is 1. The number of benzene rings is 2. The second kappa shape index (κ2) is 5.92. The molecule has 0 aliphatic heterocycles. The maximum atomic E-state index is 6.16. The summed E-state index contributed by atoms with van der Waals surface area (Å²) in [5.74, 6) is 0. The highest BCUT2D eigenvalue weighted by molar-refractivity contribution is 6.31. The third-order valence-corrected chi connectivity index (χ3v) is 3.90. The summed E-state index contributed by atoms with van der Waals surface area (Å²) in [6.07, 6.45) is 3.07. The summed E-state index contributed by atoms with van der Waals surface area (Å²) in [6, 6.07) is 16.7. The van der Waals surface area contributed by atoms with Crippen molar-refractivity contribution in [3.8, 4) is 0 Å². The van der Waals surface area contributed by atoms with Gasteiger partial charge in [0.2, 0.25) is 0 Å². The van der Waals surface area contributed by atoms with Crippen LogP contribution in [0.2, 0.25) is 5.02 Å². The standard InChI is InChI=1S/C18H19ClN2/c1-13(20)9-15-12-21(11-14-5-3-2-4-6-14)18-8-7-16(19)10-17(15)18/h2-8,10,12-13H,9,11,20H2,1H3. The smallest absolute Gasteiger partial charge is 0.0487 e. The lowest BCUT2D eigenvalue weighted by Gasteiger charge is -2.05. The average Bonchev–Trinajstić information content (AvgIpc) is 2.77. The molecular formula is C18H19ClN2. The molecule has 2 nitrogen and oxygen atoms in total. The fourth-order valence-corrected chi connectivity index (χ4v) is 2.94. The van der Waals surface area contributed by atoms with E-state index in [2.05, 4.69) is 41.1 Å². The molecule has 1 aromatic heterocycles. The molecule has 0 radical (unpaired) electrons. The first-order chi connectivity index (χ1) is 10.1. The number of aromatic nitrogens is 1. The van der Waals surface area contributed by atoms with E-state index in [1.54, 1.807) is 0 Å². The summed E-state index contributed by atoms with van der Waals surface area (Å²) in [4.78, 5) is 0. The number of rotatable bonds is 4. The molecule has 1 atom stereocenters. The zero-order chi connectivity index (χ0) is 14.8. The van der Waals surface area contributed by atoms with Crippen LogP contribution in [0.5, 0.6) is 0 Å². The van der Waals surface area contributed by atoms with E-state index < -0.39 is 0 Å². The van der Waals surface area contributed by atoms with E-state index in [1.807, 2.05) is 25.1 Å². The average molecular weight is 299 g/mol. The van der Waals surface area contributed by atoms with Crippen molar-refractivity contribution >= 4 is 22.5 Å². The van der Waals surface area contributed by atoms with Gasteiger partial charge < -0.3 is 10.3 Å². The SMILES string of the molecule is CC(N)Cc1cn(Cc2ccccc2)c2ccc(Cl)cc12. The van der Waals surface area contributed by atoms with Gasteiger partial charge in [0.05, 0.1) is 0 Å². The minimum absolute atomic E-state index is 0.139. The molecule has 3 aromatic rings. The molecule has 3 rings (SSSR count). The van der Waals surface area contributed by atoms with Crippen LogP contribution in [0.3, 0.4) is 0 Å². The molecule has 0 amide bonds. The van der Waals surface area contributed by atoms with Crippen molar-refractivity contribution in [3.63, 3.8) is 0 Å². The van der Waals surface area contributed by atoms with Crippen LogP contribution in [0.15, 0.2) is 54.7 Å². The second-order valence-electron chi connectivity index (χ2n) is 5.61. The summed E-state index contributed by atoms with van der Waals surface area (Å²) in [5.41, 5.74) is 9.73. The molecule has 2 aromatic carbocycles. The summed E-state index contributed by atoms with van der Waals surface area (Å²) < 4.78 is 2.28. The molecule has 108 valence electrons. The van der Waals surface area contributed by atoms with E-state index >= 15 is 0 Å². The van der Waals surface area contributed by atoms with Gasteiger partial charge in [0.25, 0.3) is 0 Å². The van der Waals surface area contributed by atoms with E-state index in [9.17, 15) is 0 Å². The van der Waals surface area contributed by atoms with Crippen molar-refractivity contribution in [3.05, 3.63) is 70.9 Å². The zero-order valence-electron chi connectivity index (χ0n) is 12.1. The van der Waals surface area contributed by atoms with Crippen molar-refractivity contribution in [1.29, 1.82) is 0 Å². The van der Waals surface area contributed by atoms with E-state index in [0.29, 0.717) is 0 Å². The molecule has 0 bridgehead atoms. The van der Waals surface area contributed by atoms with Gasteiger partial charge in [0.1, 0.15) is 0 Å². The second-order valence-corrected chi connectivity index (χ2v) is 6.05. The first-order valence-corrected chi connectivity index (χ1v) is 7.58. The maximum absolute atomic E-state index is 6.16. The Morgan fingerprint density at radius 3 is 2.62 bits per heavy atom. The summed E-state index contributed by atoms with van der Waals surface area (Å²) in [5, 5.41) is 1.97. The van der Waals surface area contributed by atoms with E-state index in [0.717, 1.165) is 18.0 Å². The highest BCUT2D eigenvalue weighted by atomic mass is 35.5. The minimum atomic E-state index is 0.139. The van der Waals surface area contributed by atoms with Crippen LogP contribution in [0.1, 0.15) is 18.1 Å². The van der Waals surface area contributed by atoms with Crippen LogP contribution in [0.25, 0.3) is 10.9 Å². The molecule has 0 aliphatic carbocycles. The molecule has 0 fully saturated rings. The summed E-state index contributed by atoms with van der Waals surface area (Å²) in [7, 11) is 0. The Labute approximate surface area is 130 Å². The fourth-order valence-electron chi connectivity index (χ4n) is 2.76. The molecule has 2 N–H and O–H groups in total. The van der Waals surface area contributed by atoms with Crippen LogP contribution >= 0.6 is 11.6 Å². The van der Waals surface area contributed by atoms with Crippen LogP contribution < -0.4 is 5.73 Å². The Morgan fingerprint density at radius 1 is 1.14 bits per heavy atom. The molecule has 1 heterocycles. The highest BCUT2D eigenvalue weighted by Crippen LogP contribution is 2.26. The zero-order valence-corrected chi connectivity index (χ0v) is 12.8. The maximum Gasteiger partial charge on any atom is 0.0487 e. The Kier molecular flexibility index (Phi) is 4.00. The number of halogens is 1. The third-order valence-electron chi connectivity index (χ3n) is 3.66. The number of fused-ring (bicyclic) bond motifs is 1. The fraction of sp³-hybridized carbons (Fsp3) is 0.222. The van der Waals surface area contributed by atoms with E-state index in [1.165, 1.54) is 22.0 Å². The van der Waals surface area contributed by atoms with Gasteiger partial charge in [-0.05, 0) is 42.7 Å². The number of nitrogens with zero attached hydrogens (tertiary/aromatic N) is 1. The van der Waals surface area contributed by atoms with Gasteiger partial charge >= 0.3 is 0 Å². The monoisotopic (exact) mass is 298 g/mol. The molecule has 0 spiro atoms. The Bertz CT molecular complexity index is 745. The number of nitrogens with two attached hydrogens (primary N) is 1. The largest absolute Gasteiger partial charge is 0.343 e. The van der Waals surface area contributed by atoms with Crippen LogP contribution in [0.4, 0.5) is 0 Å². The highest BCUT2D eigenvalue weighted by Gasteiger charge is 2.11. The first-order valence-electron chi connectivity index (χ1n) is 7.20. The number of hydrogen-bond donors (Lipinski definition) is 1. The third kappa shape index (κ3) is 3.12. The Morgan fingerprint density at radius 2 is 1.90 bits per heavy atom. The van der Waals surface area contributed by atoms with Crippen molar-refractivity contribution in [1.82, 2.24) is 4.57 Å². The molecular weight excluding hydrogens is 280 g/mol. The van der Waals surface area contributed by atoms with E-state index in [-0.39, 0.29) is 6.04 Å². The normalized spacial score (nSPS) is 12.7. The van der Waals surface area contributed by atoms with Gasteiger partial charge in [0, 0.05) is 34.7 Å². The van der Waals surface area contributed by atoms with Crippen molar-refractivity contribution in [2.24, 2.45) is 5.73 Å². The van der Waals surface area contributed by atoms with Crippen molar-refractivity contribution in [2.45, 2.75) is 25.9 Å². The summed E-state index contributed by atoms with van der Waals surface area (Å²) >= 11 is 6.16. The lowest BCUT2D eigenvalue weighted by atomic mass is 10.1. The van der Waals surface area contributed by atoms with Gasteiger partial charge in [-0.2, -0.15) is 0 Å². The van der Waals surface area contributed by atoms with E-state index in [4.69, 9.17) is 17.3 Å². The first kappa shape index (κ1) is 14.2. The van der Waals surface area contributed by atoms with Crippen molar-refractivity contribution < 1.29 is 0 Å². The quantitative estimate of drug-likeness (QED) is 0.767. The van der Waals surface area contributed by atoms with Crippen molar-refractivity contribution in [2.75, 3.05) is 0 Å². The topological polar surface area (TPSA) is 30.9 Å². The van der Waals surface area contributed by atoms with Gasteiger partial charge in [-0.1, -0.05) is 41.9 Å².